The third kappa shape index (κ3) is 4.70. The van der Waals surface area contributed by atoms with Crippen LogP contribution in [0.4, 0.5) is 0 Å². The van der Waals surface area contributed by atoms with E-state index in [4.69, 9.17) is 19.3 Å². The number of hydrogen-bond acceptors (Lipinski definition) is 9. The molecule has 2 aliphatic rings. The Kier molecular flexibility index (Phi) is 5.47. The Morgan fingerprint density at radius 3 is 1.91 bits per heavy atom. The van der Waals surface area contributed by atoms with E-state index >= 15 is 0 Å². The van der Waals surface area contributed by atoms with Gasteiger partial charge in [0.2, 0.25) is 0 Å². The standard InChI is InChI=1S/C11H12N2O3S.C9H8N2O3S/c1-2-15-10(14)7-5-8-9(12-7)13-11(17-8)16-6-3-4-6;12-8(13)5-3-6-7(10-5)11-9(15-6)14-4-1-2-4/h5-6,12H,2-4H2,1H3;3-4,10H,1-2H2,(H,12,13). The maximum absolute atomic E-state index is 11.5. The number of esters is 1. The Morgan fingerprint density at radius 2 is 1.47 bits per heavy atom. The van der Waals surface area contributed by atoms with Gasteiger partial charge in [-0.1, -0.05) is 22.7 Å². The molecular formula is C20H20N4O6S2. The maximum Gasteiger partial charge on any atom is 0.354 e. The Balaban J connectivity index is 0.000000136. The van der Waals surface area contributed by atoms with Crippen molar-refractivity contribution in [3.63, 3.8) is 0 Å². The average Bonchev–Trinajstić information content (AvgIpc) is 3.54. The highest BCUT2D eigenvalue weighted by molar-refractivity contribution is 7.20. The lowest BCUT2D eigenvalue weighted by molar-refractivity contribution is 0.0520. The molecule has 32 heavy (non-hydrogen) atoms. The zero-order valence-corrected chi connectivity index (χ0v) is 18.7. The Labute approximate surface area is 189 Å². The SMILES string of the molecule is CCOC(=O)c1cc2sc(OC3CC3)nc2[nH]1.O=C(O)c1cc2sc(OC3CC3)nc2[nH]1. The van der Waals surface area contributed by atoms with Crippen molar-refractivity contribution in [2.75, 3.05) is 6.61 Å². The Hall–Kier alpha value is -3.12. The summed E-state index contributed by atoms with van der Waals surface area (Å²) in [6.45, 7) is 2.15. The first kappa shape index (κ1) is 20.8. The zero-order valence-electron chi connectivity index (χ0n) is 17.0. The molecule has 0 spiro atoms. The number of carbonyl (C=O) groups excluding carboxylic acids is 1. The lowest BCUT2D eigenvalue weighted by Gasteiger charge is -1.97. The summed E-state index contributed by atoms with van der Waals surface area (Å²) in [4.78, 5) is 36.3. The van der Waals surface area contributed by atoms with Crippen molar-refractivity contribution in [2.24, 2.45) is 0 Å². The van der Waals surface area contributed by atoms with Crippen molar-refractivity contribution in [1.29, 1.82) is 0 Å². The second-order valence-electron chi connectivity index (χ2n) is 7.41. The molecule has 3 N–H and O–H groups in total. The number of aromatic amines is 2. The van der Waals surface area contributed by atoms with Crippen LogP contribution < -0.4 is 9.47 Å². The zero-order chi connectivity index (χ0) is 22.2. The lowest BCUT2D eigenvalue weighted by atomic mass is 10.4. The molecule has 0 amide bonds. The molecule has 4 aromatic heterocycles. The quantitative estimate of drug-likeness (QED) is 0.337. The highest BCUT2D eigenvalue weighted by Gasteiger charge is 2.26. The van der Waals surface area contributed by atoms with E-state index < -0.39 is 5.97 Å². The number of rotatable bonds is 7. The smallest absolute Gasteiger partial charge is 0.354 e. The first-order valence-corrected chi connectivity index (χ1v) is 11.8. The molecule has 168 valence electrons. The monoisotopic (exact) mass is 476 g/mol. The first-order valence-electron chi connectivity index (χ1n) is 10.2. The van der Waals surface area contributed by atoms with Gasteiger partial charge in [-0.3, -0.25) is 0 Å². The van der Waals surface area contributed by atoms with Crippen LogP contribution in [-0.4, -0.2) is 55.8 Å². The molecule has 0 saturated heterocycles. The van der Waals surface area contributed by atoms with Crippen LogP contribution in [-0.2, 0) is 4.74 Å². The minimum Gasteiger partial charge on any atom is -0.477 e. The highest BCUT2D eigenvalue weighted by atomic mass is 32.1. The highest BCUT2D eigenvalue weighted by Crippen LogP contribution is 2.34. The summed E-state index contributed by atoms with van der Waals surface area (Å²) in [6.07, 6.45) is 5.07. The summed E-state index contributed by atoms with van der Waals surface area (Å²) in [5, 5.41) is 10.0. The topological polar surface area (TPSA) is 139 Å². The van der Waals surface area contributed by atoms with Gasteiger partial charge in [-0.05, 0) is 44.7 Å². The Morgan fingerprint density at radius 1 is 0.969 bits per heavy atom. The molecule has 6 rings (SSSR count). The van der Waals surface area contributed by atoms with Crippen molar-refractivity contribution < 1.29 is 28.9 Å². The van der Waals surface area contributed by atoms with Crippen LogP contribution in [0.3, 0.4) is 0 Å². The van der Waals surface area contributed by atoms with Crippen LogP contribution in [0.2, 0.25) is 0 Å². The molecule has 2 saturated carbocycles. The van der Waals surface area contributed by atoms with Crippen molar-refractivity contribution in [3.05, 3.63) is 23.5 Å². The molecule has 2 fully saturated rings. The largest absolute Gasteiger partial charge is 0.477 e. The predicted octanol–water partition coefficient (Wildman–Crippen LogP) is 4.21. The summed E-state index contributed by atoms with van der Waals surface area (Å²) in [5.41, 5.74) is 1.89. The van der Waals surface area contributed by atoms with Gasteiger partial charge in [0, 0.05) is 0 Å². The predicted molar refractivity (Wildman–Crippen MR) is 118 cm³/mol. The lowest BCUT2D eigenvalue weighted by Crippen LogP contribution is -2.04. The summed E-state index contributed by atoms with van der Waals surface area (Å²) in [7, 11) is 0. The van der Waals surface area contributed by atoms with Crippen molar-refractivity contribution in [2.45, 2.75) is 44.8 Å². The summed E-state index contributed by atoms with van der Waals surface area (Å²) >= 11 is 2.83. The minimum absolute atomic E-state index is 0.168. The van der Waals surface area contributed by atoms with E-state index in [-0.39, 0.29) is 11.7 Å². The van der Waals surface area contributed by atoms with Gasteiger partial charge in [-0.2, -0.15) is 9.97 Å². The van der Waals surface area contributed by atoms with Crippen LogP contribution in [0.5, 0.6) is 10.4 Å². The number of hydrogen-bond donors (Lipinski definition) is 3. The fourth-order valence-corrected chi connectivity index (χ4v) is 4.54. The third-order valence-corrected chi connectivity index (χ3v) is 6.42. The van der Waals surface area contributed by atoms with Crippen molar-refractivity contribution >= 4 is 55.3 Å². The number of fused-ring (bicyclic) bond motifs is 2. The van der Waals surface area contributed by atoms with Gasteiger partial charge in [-0.25, -0.2) is 9.59 Å². The van der Waals surface area contributed by atoms with Crippen LogP contribution >= 0.6 is 22.7 Å². The van der Waals surface area contributed by atoms with Crippen molar-refractivity contribution in [3.8, 4) is 10.4 Å². The Bertz CT molecular complexity index is 1220. The number of nitrogens with zero attached hydrogens (tertiary/aromatic N) is 2. The van der Waals surface area contributed by atoms with E-state index in [1.54, 1.807) is 19.1 Å². The van der Waals surface area contributed by atoms with E-state index in [1.807, 2.05) is 0 Å². The number of thiazole rings is 2. The normalized spacial score (nSPS) is 15.4. The van der Waals surface area contributed by atoms with Gasteiger partial charge >= 0.3 is 11.9 Å². The summed E-state index contributed by atoms with van der Waals surface area (Å²) in [6, 6.07) is 3.33. The second-order valence-corrected chi connectivity index (χ2v) is 9.40. The maximum atomic E-state index is 11.5. The van der Waals surface area contributed by atoms with Crippen molar-refractivity contribution in [1.82, 2.24) is 19.9 Å². The molecule has 0 atom stereocenters. The molecule has 0 bridgehead atoms. The fourth-order valence-electron chi connectivity index (χ4n) is 2.78. The number of aromatic nitrogens is 4. The van der Waals surface area contributed by atoms with E-state index in [0.29, 0.717) is 46.2 Å². The van der Waals surface area contributed by atoms with E-state index in [9.17, 15) is 9.59 Å². The minimum atomic E-state index is -0.968. The van der Waals surface area contributed by atoms with Crippen LogP contribution in [0.1, 0.15) is 53.6 Å². The molecular weight excluding hydrogens is 456 g/mol. The third-order valence-electron chi connectivity index (χ3n) is 4.63. The first-order chi connectivity index (χ1) is 15.5. The van der Waals surface area contributed by atoms with E-state index in [1.165, 1.54) is 22.7 Å². The fraction of sp³-hybridized carbons (Fsp3) is 0.400. The van der Waals surface area contributed by atoms with E-state index in [2.05, 4.69) is 19.9 Å². The van der Waals surface area contributed by atoms with Gasteiger partial charge in [0.25, 0.3) is 10.4 Å². The number of H-pyrrole nitrogens is 2. The van der Waals surface area contributed by atoms with Gasteiger partial charge in [-0.15, -0.1) is 0 Å². The van der Waals surface area contributed by atoms with Gasteiger partial charge in [0.15, 0.2) is 11.3 Å². The number of carboxylic acid groups (broad SMARTS) is 1. The van der Waals surface area contributed by atoms with Crippen LogP contribution in [0.15, 0.2) is 12.1 Å². The molecule has 0 aliphatic heterocycles. The molecule has 2 aliphatic carbocycles. The van der Waals surface area contributed by atoms with Crippen LogP contribution in [0.25, 0.3) is 20.7 Å². The molecule has 4 aromatic rings. The molecule has 0 radical (unpaired) electrons. The van der Waals surface area contributed by atoms with Gasteiger partial charge in [0.05, 0.1) is 16.0 Å². The number of carboxylic acids is 1. The van der Waals surface area contributed by atoms with Gasteiger partial charge < -0.3 is 29.3 Å². The average molecular weight is 477 g/mol. The molecule has 0 aromatic carbocycles. The molecule has 12 heteroatoms. The number of carbonyl (C=O) groups is 2. The molecule has 10 nitrogen and oxygen atoms in total. The number of nitrogens with one attached hydrogen (secondary N) is 2. The number of aromatic carboxylic acids is 1. The van der Waals surface area contributed by atoms with Crippen LogP contribution in [0, 0.1) is 0 Å². The molecule has 0 unspecified atom stereocenters. The molecule has 4 heterocycles. The summed E-state index contributed by atoms with van der Waals surface area (Å²) in [5.74, 6) is -1.31. The van der Waals surface area contributed by atoms with E-state index in [0.717, 1.165) is 35.1 Å². The van der Waals surface area contributed by atoms with Gasteiger partial charge in [0.1, 0.15) is 23.6 Å². The second kappa shape index (κ2) is 8.43. The number of ether oxygens (including phenoxy) is 3. The summed E-state index contributed by atoms with van der Waals surface area (Å²) < 4.78 is 17.7.